The Morgan fingerprint density at radius 3 is 2.75 bits per heavy atom. The summed E-state index contributed by atoms with van der Waals surface area (Å²) in [6.45, 7) is 6.80. The molecule has 0 aliphatic carbocycles. The Labute approximate surface area is 232 Å². The zero-order valence-electron chi connectivity index (χ0n) is 23.0. The van der Waals surface area contributed by atoms with Gasteiger partial charge < -0.3 is 24.1 Å². The maximum absolute atomic E-state index is 13.6. The van der Waals surface area contributed by atoms with E-state index in [4.69, 9.17) is 14.2 Å². The monoisotopic (exact) mass is 545 g/mol. The maximum Gasteiger partial charge on any atom is 0.253 e. The second kappa shape index (κ2) is 11.6. The number of nitrogens with zero attached hydrogens (tertiary/aromatic N) is 6. The van der Waals surface area contributed by atoms with Crippen LogP contribution in [0, 0.1) is 0 Å². The number of anilines is 1. The molecule has 210 valence electrons. The van der Waals surface area contributed by atoms with Crippen LogP contribution in [0.2, 0.25) is 0 Å². The first-order chi connectivity index (χ1) is 19.6. The van der Waals surface area contributed by atoms with Crippen LogP contribution in [0.25, 0.3) is 10.9 Å². The van der Waals surface area contributed by atoms with Crippen molar-refractivity contribution in [3.05, 3.63) is 70.3 Å². The lowest BCUT2D eigenvalue weighted by Gasteiger charge is -2.40. The first kappa shape index (κ1) is 26.3. The van der Waals surface area contributed by atoms with E-state index in [9.17, 15) is 4.79 Å². The molecule has 2 aliphatic rings. The number of aromatic nitrogens is 5. The minimum atomic E-state index is -0.430. The molecule has 2 aromatic heterocycles. The van der Waals surface area contributed by atoms with E-state index in [0.717, 1.165) is 60.6 Å². The van der Waals surface area contributed by atoms with Gasteiger partial charge in [0.1, 0.15) is 17.5 Å². The molecule has 0 unspecified atom stereocenters. The van der Waals surface area contributed by atoms with Crippen molar-refractivity contribution in [3.63, 3.8) is 0 Å². The smallest absolute Gasteiger partial charge is 0.253 e. The Bertz CT molecular complexity index is 1510. The van der Waals surface area contributed by atoms with E-state index in [1.165, 1.54) is 0 Å². The number of fused-ring (bicyclic) bond motifs is 1. The molecule has 40 heavy (non-hydrogen) atoms. The minimum absolute atomic E-state index is 0.0638. The zero-order chi connectivity index (χ0) is 27.5. The standard InChI is InChI=1S/C29H35N7O4/c1-3-39-21-10-11-24-20(17-21)18-23(29(37)30-24)27(28-31-32-33-36(28)19-22-7-6-16-40-22)35-14-12-34(13-15-35)25-8-4-5-9-26(25)38-2/h4-5,8-11,17-18,22,27H,3,6-7,12-16,19H2,1-2H3,(H,30,37)/t22-,27-/m0/s1. The van der Waals surface area contributed by atoms with E-state index in [1.807, 2.05) is 54.1 Å². The number of aromatic amines is 1. The molecule has 0 saturated carbocycles. The second-order valence-corrected chi connectivity index (χ2v) is 10.2. The summed E-state index contributed by atoms with van der Waals surface area (Å²) in [5.41, 5.74) is 2.28. The third kappa shape index (κ3) is 5.26. The summed E-state index contributed by atoms with van der Waals surface area (Å²) < 4.78 is 19.0. The van der Waals surface area contributed by atoms with Gasteiger partial charge in [0.2, 0.25) is 0 Å². The van der Waals surface area contributed by atoms with Gasteiger partial charge in [0, 0.05) is 49.3 Å². The number of ether oxygens (including phenoxy) is 3. The molecule has 2 saturated heterocycles. The van der Waals surface area contributed by atoms with Gasteiger partial charge in [-0.1, -0.05) is 12.1 Å². The molecule has 0 bridgehead atoms. The fraction of sp³-hybridized carbons (Fsp3) is 0.448. The number of tetrazole rings is 1. The van der Waals surface area contributed by atoms with Crippen LogP contribution in [0.5, 0.6) is 11.5 Å². The molecule has 4 heterocycles. The summed E-state index contributed by atoms with van der Waals surface area (Å²) >= 11 is 0. The van der Waals surface area contributed by atoms with E-state index in [-0.39, 0.29) is 11.7 Å². The average Bonchev–Trinajstić information content (AvgIpc) is 3.67. The van der Waals surface area contributed by atoms with Crippen LogP contribution in [-0.2, 0) is 11.3 Å². The Kier molecular flexibility index (Phi) is 7.65. The van der Waals surface area contributed by atoms with E-state index in [2.05, 4.69) is 36.4 Å². The van der Waals surface area contributed by atoms with Gasteiger partial charge >= 0.3 is 0 Å². The summed E-state index contributed by atoms with van der Waals surface area (Å²) in [4.78, 5) is 21.3. The molecule has 2 atom stereocenters. The third-order valence-corrected chi connectivity index (χ3v) is 7.76. The number of piperazine rings is 1. The number of H-pyrrole nitrogens is 1. The fourth-order valence-electron chi connectivity index (χ4n) is 5.79. The lowest BCUT2D eigenvalue weighted by Crippen LogP contribution is -2.49. The highest BCUT2D eigenvalue weighted by atomic mass is 16.5. The molecule has 11 heteroatoms. The van der Waals surface area contributed by atoms with Crippen molar-refractivity contribution in [1.29, 1.82) is 0 Å². The van der Waals surface area contributed by atoms with Gasteiger partial charge in [-0.05, 0) is 66.6 Å². The predicted octanol–water partition coefficient (Wildman–Crippen LogP) is 3.01. The highest BCUT2D eigenvalue weighted by Crippen LogP contribution is 2.32. The number of para-hydroxylation sites is 2. The van der Waals surface area contributed by atoms with Crippen LogP contribution >= 0.6 is 0 Å². The molecule has 11 nitrogen and oxygen atoms in total. The van der Waals surface area contributed by atoms with Gasteiger partial charge in [-0.15, -0.1) is 5.10 Å². The highest BCUT2D eigenvalue weighted by molar-refractivity contribution is 5.80. The number of benzene rings is 2. The summed E-state index contributed by atoms with van der Waals surface area (Å²) in [6.07, 6.45) is 2.07. The van der Waals surface area contributed by atoms with Gasteiger partial charge in [0.25, 0.3) is 5.56 Å². The normalized spacial score (nSPS) is 18.8. The van der Waals surface area contributed by atoms with Crippen LogP contribution in [0.15, 0.2) is 53.3 Å². The lowest BCUT2D eigenvalue weighted by atomic mass is 10.0. The largest absolute Gasteiger partial charge is 0.495 e. The SMILES string of the molecule is CCOc1ccc2[nH]c(=O)c([C@@H](c3nnnn3C[C@@H]3CCCO3)N3CCN(c4ccccc4OC)CC3)cc2c1. The van der Waals surface area contributed by atoms with Gasteiger partial charge in [-0.25, -0.2) is 4.68 Å². The number of rotatable bonds is 9. The number of hydrogen-bond donors (Lipinski definition) is 1. The minimum Gasteiger partial charge on any atom is -0.495 e. The van der Waals surface area contributed by atoms with Crippen molar-refractivity contribution in [2.45, 2.75) is 38.5 Å². The van der Waals surface area contributed by atoms with Crippen molar-refractivity contribution in [2.24, 2.45) is 0 Å². The third-order valence-electron chi connectivity index (χ3n) is 7.76. The van der Waals surface area contributed by atoms with Crippen LogP contribution in [0.3, 0.4) is 0 Å². The molecule has 1 N–H and O–H groups in total. The van der Waals surface area contributed by atoms with Crippen molar-refractivity contribution in [2.75, 3.05) is 51.4 Å². The molecule has 0 amide bonds. The van der Waals surface area contributed by atoms with Crippen LogP contribution in [-0.4, -0.2) is 82.7 Å². The van der Waals surface area contributed by atoms with Crippen LogP contribution < -0.4 is 19.9 Å². The summed E-state index contributed by atoms with van der Waals surface area (Å²) in [6, 6.07) is 15.3. The first-order valence-electron chi connectivity index (χ1n) is 13.9. The predicted molar refractivity (Wildman–Crippen MR) is 151 cm³/mol. The number of nitrogens with one attached hydrogen (secondary N) is 1. The van der Waals surface area contributed by atoms with Crippen molar-refractivity contribution in [1.82, 2.24) is 30.1 Å². The lowest BCUT2D eigenvalue weighted by molar-refractivity contribution is 0.0906. The summed E-state index contributed by atoms with van der Waals surface area (Å²) in [7, 11) is 1.70. The second-order valence-electron chi connectivity index (χ2n) is 10.2. The van der Waals surface area contributed by atoms with E-state index < -0.39 is 6.04 Å². The van der Waals surface area contributed by atoms with Crippen molar-refractivity contribution >= 4 is 16.6 Å². The summed E-state index contributed by atoms with van der Waals surface area (Å²) in [5.74, 6) is 2.26. The molecule has 6 rings (SSSR count). The molecule has 2 fully saturated rings. The molecule has 2 aromatic carbocycles. The molecular weight excluding hydrogens is 510 g/mol. The highest BCUT2D eigenvalue weighted by Gasteiger charge is 2.34. The summed E-state index contributed by atoms with van der Waals surface area (Å²) in [5, 5.41) is 13.7. The van der Waals surface area contributed by atoms with E-state index in [1.54, 1.807) is 7.11 Å². The molecule has 0 spiro atoms. The maximum atomic E-state index is 13.6. The Morgan fingerprint density at radius 1 is 1.12 bits per heavy atom. The fourth-order valence-corrected chi connectivity index (χ4v) is 5.79. The number of methoxy groups -OCH3 is 1. The van der Waals surface area contributed by atoms with Gasteiger partial charge in [0.15, 0.2) is 5.82 Å². The molecule has 2 aliphatic heterocycles. The molecular formula is C29H35N7O4. The topological polar surface area (TPSA) is 111 Å². The van der Waals surface area contributed by atoms with Gasteiger partial charge in [-0.3, -0.25) is 9.69 Å². The number of pyridine rings is 1. The number of hydrogen-bond acceptors (Lipinski definition) is 9. The average molecular weight is 546 g/mol. The zero-order valence-corrected chi connectivity index (χ0v) is 23.0. The molecule has 0 radical (unpaired) electrons. The quantitative estimate of drug-likeness (QED) is 0.339. The molecule has 4 aromatic rings. The van der Waals surface area contributed by atoms with E-state index in [0.29, 0.717) is 37.6 Å². The van der Waals surface area contributed by atoms with Crippen molar-refractivity contribution in [3.8, 4) is 11.5 Å². The Morgan fingerprint density at radius 2 is 1.98 bits per heavy atom. The van der Waals surface area contributed by atoms with E-state index >= 15 is 0 Å². The van der Waals surface area contributed by atoms with Gasteiger partial charge in [-0.2, -0.15) is 0 Å². The Hall–Kier alpha value is -3.96. The van der Waals surface area contributed by atoms with Crippen LogP contribution in [0.4, 0.5) is 5.69 Å². The van der Waals surface area contributed by atoms with Gasteiger partial charge in [0.05, 0.1) is 32.1 Å². The first-order valence-corrected chi connectivity index (χ1v) is 13.9. The van der Waals surface area contributed by atoms with Crippen molar-refractivity contribution < 1.29 is 14.2 Å². The Balaban J connectivity index is 1.37. The van der Waals surface area contributed by atoms with Crippen LogP contribution in [0.1, 0.15) is 37.2 Å².